The van der Waals surface area contributed by atoms with Crippen molar-refractivity contribution in [3.63, 3.8) is 0 Å². The molecule has 1 saturated heterocycles. The van der Waals surface area contributed by atoms with Crippen molar-refractivity contribution in [1.82, 2.24) is 0 Å². The monoisotopic (exact) mass is 217 g/mol. The van der Waals surface area contributed by atoms with Crippen LogP contribution >= 0.6 is 0 Å². The van der Waals surface area contributed by atoms with Crippen LogP contribution in [0.15, 0.2) is 24.3 Å². The number of carbonyl (C=O) groups excluding carboxylic acids is 2. The number of nitrogens with zero attached hydrogens (tertiary/aromatic N) is 1. The first-order valence-corrected chi connectivity index (χ1v) is 5.35. The Morgan fingerprint density at radius 2 is 2.06 bits per heavy atom. The third-order valence-corrected chi connectivity index (χ3v) is 2.94. The van der Waals surface area contributed by atoms with Crippen LogP contribution in [-0.4, -0.2) is 18.2 Å². The molecule has 1 aliphatic rings. The van der Waals surface area contributed by atoms with Crippen molar-refractivity contribution in [2.24, 2.45) is 5.41 Å². The minimum absolute atomic E-state index is 0.0223. The fourth-order valence-electron chi connectivity index (χ4n) is 1.91. The Kier molecular flexibility index (Phi) is 2.34. The zero-order valence-electron chi connectivity index (χ0n) is 9.78. The van der Waals surface area contributed by atoms with E-state index in [1.807, 2.05) is 26.0 Å². The second-order valence-corrected chi connectivity index (χ2v) is 4.88. The van der Waals surface area contributed by atoms with Crippen LogP contribution in [0.2, 0.25) is 0 Å². The quantitative estimate of drug-likeness (QED) is 0.563. The molecule has 1 aromatic rings. The molecule has 0 spiro atoms. The molecule has 0 radical (unpaired) electrons. The Morgan fingerprint density at radius 1 is 1.38 bits per heavy atom. The van der Waals surface area contributed by atoms with Gasteiger partial charge in [0, 0.05) is 17.8 Å². The van der Waals surface area contributed by atoms with Crippen LogP contribution in [-0.2, 0) is 4.79 Å². The van der Waals surface area contributed by atoms with E-state index in [9.17, 15) is 9.59 Å². The highest BCUT2D eigenvalue weighted by Gasteiger charge is 2.44. The van der Waals surface area contributed by atoms with Gasteiger partial charge in [0.2, 0.25) is 5.91 Å². The molecule has 0 atom stereocenters. The highest BCUT2D eigenvalue weighted by molar-refractivity contribution is 6.05. The molecule has 1 fully saturated rings. The summed E-state index contributed by atoms with van der Waals surface area (Å²) < 4.78 is 0. The predicted molar refractivity (Wildman–Crippen MR) is 62.6 cm³/mol. The number of benzene rings is 1. The zero-order valence-corrected chi connectivity index (χ0v) is 9.78. The number of carbonyl (C=O) groups is 2. The molecule has 1 heterocycles. The van der Waals surface area contributed by atoms with E-state index in [4.69, 9.17) is 0 Å². The molecule has 84 valence electrons. The van der Waals surface area contributed by atoms with E-state index in [1.165, 1.54) is 6.92 Å². The van der Waals surface area contributed by atoms with Gasteiger partial charge in [-0.1, -0.05) is 12.1 Å². The number of hydrogen-bond donors (Lipinski definition) is 0. The smallest absolute Gasteiger partial charge is 0.234 e. The summed E-state index contributed by atoms with van der Waals surface area (Å²) in [7, 11) is 0. The molecule has 1 aromatic carbocycles. The van der Waals surface area contributed by atoms with Crippen molar-refractivity contribution in [3.8, 4) is 0 Å². The van der Waals surface area contributed by atoms with E-state index in [-0.39, 0.29) is 17.1 Å². The van der Waals surface area contributed by atoms with E-state index in [0.29, 0.717) is 12.1 Å². The number of anilines is 1. The number of ketones is 1. The normalized spacial score (nSPS) is 18.2. The van der Waals surface area contributed by atoms with Gasteiger partial charge < -0.3 is 4.90 Å². The Labute approximate surface area is 95.1 Å². The van der Waals surface area contributed by atoms with Gasteiger partial charge in [0.25, 0.3) is 0 Å². The van der Waals surface area contributed by atoms with Crippen molar-refractivity contribution in [3.05, 3.63) is 29.8 Å². The number of Topliss-reactive ketones (excluding diaryl/α,β-unsaturated/α-hetero) is 1. The summed E-state index contributed by atoms with van der Waals surface area (Å²) in [5.74, 6) is 0.141. The topological polar surface area (TPSA) is 37.4 Å². The molecule has 0 N–H and O–H groups in total. The predicted octanol–water partition coefficient (Wildman–Crippen LogP) is 2.26. The molecular formula is C13H15NO2. The lowest BCUT2D eigenvalue weighted by Gasteiger charge is -2.44. The van der Waals surface area contributed by atoms with E-state index in [0.717, 1.165) is 5.69 Å². The largest absolute Gasteiger partial charge is 0.311 e. The minimum Gasteiger partial charge on any atom is -0.311 e. The van der Waals surface area contributed by atoms with Crippen molar-refractivity contribution in [2.75, 3.05) is 11.4 Å². The molecule has 1 amide bonds. The van der Waals surface area contributed by atoms with Crippen LogP contribution in [0.1, 0.15) is 31.1 Å². The molecule has 3 heteroatoms. The van der Waals surface area contributed by atoms with Crippen molar-refractivity contribution >= 4 is 17.4 Å². The van der Waals surface area contributed by atoms with E-state index in [1.54, 1.807) is 17.0 Å². The lowest BCUT2D eigenvalue weighted by molar-refractivity contribution is -0.132. The second kappa shape index (κ2) is 3.44. The molecule has 16 heavy (non-hydrogen) atoms. The fourth-order valence-corrected chi connectivity index (χ4v) is 1.91. The van der Waals surface area contributed by atoms with Crippen molar-refractivity contribution in [1.29, 1.82) is 0 Å². The SMILES string of the molecule is CC(=O)c1cccc(N2CC(C)(C)C2=O)c1. The third kappa shape index (κ3) is 1.62. The van der Waals surface area contributed by atoms with Crippen LogP contribution in [0.4, 0.5) is 5.69 Å². The number of hydrogen-bond acceptors (Lipinski definition) is 2. The molecule has 3 nitrogen and oxygen atoms in total. The Bertz CT molecular complexity index is 463. The zero-order chi connectivity index (χ0) is 11.9. The summed E-state index contributed by atoms with van der Waals surface area (Å²) in [6, 6.07) is 7.21. The summed E-state index contributed by atoms with van der Waals surface area (Å²) in [5.41, 5.74) is 1.21. The fraction of sp³-hybridized carbons (Fsp3) is 0.385. The van der Waals surface area contributed by atoms with Crippen LogP contribution in [0.5, 0.6) is 0 Å². The Hall–Kier alpha value is -1.64. The van der Waals surface area contributed by atoms with Crippen molar-refractivity contribution < 1.29 is 9.59 Å². The number of β-lactam (4-membered cyclic amide) rings is 1. The molecule has 0 aliphatic carbocycles. The molecule has 0 aromatic heterocycles. The van der Waals surface area contributed by atoms with E-state index < -0.39 is 0 Å². The summed E-state index contributed by atoms with van der Waals surface area (Å²) in [4.78, 5) is 24.8. The maximum Gasteiger partial charge on any atom is 0.234 e. The van der Waals surface area contributed by atoms with Gasteiger partial charge in [0.1, 0.15) is 0 Å². The molecule has 1 aliphatic heterocycles. The Morgan fingerprint density at radius 3 is 2.56 bits per heavy atom. The maximum atomic E-state index is 11.8. The lowest BCUT2D eigenvalue weighted by Crippen LogP contribution is -2.58. The van der Waals surface area contributed by atoms with Gasteiger partial charge in [-0.2, -0.15) is 0 Å². The highest BCUT2D eigenvalue weighted by atomic mass is 16.2. The van der Waals surface area contributed by atoms with Gasteiger partial charge in [-0.3, -0.25) is 9.59 Å². The van der Waals surface area contributed by atoms with Gasteiger partial charge in [-0.05, 0) is 32.9 Å². The second-order valence-electron chi connectivity index (χ2n) is 4.88. The summed E-state index contributed by atoms with van der Waals surface area (Å²) >= 11 is 0. The van der Waals surface area contributed by atoms with Crippen LogP contribution in [0, 0.1) is 5.41 Å². The van der Waals surface area contributed by atoms with Crippen LogP contribution in [0.25, 0.3) is 0 Å². The lowest BCUT2D eigenvalue weighted by atomic mass is 9.82. The van der Waals surface area contributed by atoms with Crippen LogP contribution in [0.3, 0.4) is 0 Å². The van der Waals surface area contributed by atoms with E-state index in [2.05, 4.69) is 0 Å². The van der Waals surface area contributed by atoms with Crippen LogP contribution < -0.4 is 4.90 Å². The van der Waals surface area contributed by atoms with Gasteiger partial charge in [-0.15, -0.1) is 0 Å². The average molecular weight is 217 g/mol. The minimum atomic E-state index is -0.258. The van der Waals surface area contributed by atoms with Crippen molar-refractivity contribution in [2.45, 2.75) is 20.8 Å². The molecule has 0 bridgehead atoms. The van der Waals surface area contributed by atoms with Gasteiger partial charge in [0.05, 0.1) is 5.41 Å². The average Bonchev–Trinajstić information content (AvgIpc) is 2.26. The highest BCUT2D eigenvalue weighted by Crippen LogP contribution is 2.35. The summed E-state index contributed by atoms with van der Waals surface area (Å²) in [5, 5.41) is 0. The molecule has 0 saturated carbocycles. The molecular weight excluding hydrogens is 202 g/mol. The van der Waals surface area contributed by atoms with Gasteiger partial charge in [0.15, 0.2) is 5.78 Å². The van der Waals surface area contributed by atoms with Gasteiger partial charge in [-0.25, -0.2) is 0 Å². The van der Waals surface area contributed by atoms with Gasteiger partial charge >= 0.3 is 0 Å². The Balaban J connectivity index is 2.27. The van der Waals surface area contributed by atoms with E-state index >= 15 is 0 Å². The third-order valence-electron chi connectivity index (χ3n) is 2.94. The number of rotatable bonds is 2. The molecule has 2 rings (SSSR count). The summed E-state index contributed by atoms with van der Waals surface area (Å²) in [6.07, 6.45) is 0. The molecule has 0 unspecified atom stereocenters. The first-order chi connectivity index (χ1) is 7.42. The maximum absolute atomic E-state index is 11.8. The first kappa shape index (κ1) is 10.9. The standard InChI is InChI=1S/C13H15NO2/c1-9(15)10-5-4-6-11(7-10)14-8-13(2,3)12(14)16/h4-7H,8H2,1-3H3. The summed E-state index contributed by atoms with van der Waals surface area (Å²) in [6.45, 7) is 6.11. The first-order valence-electron chi connectivity index (χ1n) is 5.35. The number of amides is 1.